The van der Waals surface area contributed by atoms with Gasteiger partial charge in [-0.05, 0) is 59.5 Å². The molecule has 0 radical (unpaired) electrons. The lowest BCUT2D eigenvalue weighted by Gasteiger charge is -2.33. The molecule has 1 atom stereocenters. The summed E-state index contributed by atoms with van der Waals surface area (Å²) in [4.78, 5) is 29.8. The molecule has 198 valence electrons. The van der Waals surface area contributed by atoms with Crippen molar-refractivity contribution < 1.29 is 23.5 Å². The number of benzene rings is 4. The third-order valence-electron chi connectivity index (χ3n) is 6.64. The van der Waals surface area contributed by atoms with Gasteiger partial charge in [-0.15, -0.1) is 0 Å². The Morgan fingerprint density at radius 1 is 0.872 bits per heavy atom. The molecule has 1 aliphatic rings. The molecule has 5 rings (SSSR count). The van der Waals surface area contributed by atoms with Crippen LogP contribution in [0, 0.1) is 5.82 Å². The third kappa shape index (κ3) is 5.77. The van der Waals surface area contributed by atoms with E-state index < -0.39 is 17.8 Å². The van der Waals surface area contributed by atoms with E-state index in [1.807, 2.05) is 61.5 Å². The minimum absolute atomic E-state index is 0.277. The van der Waals surface area contributed by atoms with Crippen LogP contribution in [-0.4, -0.2) is 25.0 Å². The summed E-state index contributed by atoms with van der Waals surface area (Å²) in [6.45, 7) is 3.09. The fraction of sp³-hybridized carbons (Fsp3) is 0.188. The van der Waals surface area contributed by atoms with E-state index in [-0.39, 0.29) is 12.5 Å². The number of carbonyl (C=O) groups excluding carboxylic acids is 2. The standard InChI is InChI=1S/C32H29FN2O4/c1-2-23-10-6-7-11-27(23)35(32(37)25-14-17-28-29(20-25)39-19-18-38-28)30(24-12-15-26(33)16-13-24)31(36)34-21-22-8-4-3-5-9-22/h3-17,20,30H,2,18-19,21H2,1H3,(H,34,36). The molecule has 1 unspecified atom stereocenters. The Hall–Kier alpha value is -4.65. The second-order valence-electron chi connectivity index (χ2n) is 9.17. The molecule has 7 heteroatoms. The fourth-order valence-electron chi connectivity index (χ4n) is 4.67. The number of halogens is 1. The average Bonchev–Trinajstić information content (AvgIpc) is 2.99. The number of amides is 2. The third-order valence-corrected chi connectivity index (χ3v) is 6.64. The maximum absolute atomic E-state index is 14.3. The second-order valence-corrected chi connectivity index (χ2v) is 9.17. The normalized spacial score (nSPS) is 12.9. The van der Waals surface area contributed by atoms with Gasteiger partial charge in [0.25, 0.3) is 5.91 Å². The zero-order valence-corrected chi connectivity index (χ0v) is 21.6. The Kier molecular flexibility index (Phi) is 7.87. The molecule has 0 bridgehead atoms. The van der Waals surface area contributed by atoms with Crippen LogP contribution in [0.3, 0.4) is 0 Å². The van der Waals surface area contributed by atoms with Crippen LogP contribution in [0.1, 0.15) is 40.0 Å². The van der Waals surface area contributed by atoms with Crippen molar-refractivity contribution in [2.45, 2.75) is 25.9 Å². The van der Waals surface area contributed by atoms with Crippen LogP contribution in [0.4, 0.5) is 10.1 Å². The summed E-state index contributed by atoms with van der Waals surface area (Å²) in [5, 5.41) is 2.98. The summed E-state index contributed by atoms with van der Waals surface area (Å²) >= 11 is 0. The van der Waals surface area contributed by atoms with Gasteiger partial charge in [0, 0.05) is 17.8 Å². The molecular weight excluding hydrogens is 495 g/mol. The van der Waals surface area contributed by atoms with Gasteiger partial charge >= 0.3 is 0 Å². The fourth-order valence-corrected chi connectivity index (χ4v) is 4.67. The molecule has 1 heterocycles. The Labute approximate surface area is 227 Å². The van der Waals surface area contributed by atoms with Crippen LogP contribution in [0.25, 0.3) is 0 Å². The summed E-state index contributed by atoms with van der Waals surface area (Å²) in [6, 6.07) is 26.6. The topological polar surface area (TPSA) is 67.9 Å². The van der Waals surface area contributed by atoms with Gasteiger partial charge in [0.1, 0.15) is 25.1 Å². The van der Waals surface area contributed by atoms with Gasteiger partial charge in [-0.25, -0.2) is 4.39 Å². The number of fused-ring (bicyclic) bond motifs is 1. The minimum Gasteiger partial charge on any atom is -0.486 e. The van der Waals surface area contributed by atoms with Crippen molar-refractivity contribution in [1.82, 2.24) is 5.32 Å². The monoisotopic (exact) mass is 524 g/mol. The van der Waals surface area contributed by atoms with Crippen LogP contribution in [0.2, 0.25) is 0 Å². The van der Waals surface area contributed by atoms with E-state index in [0.29, 0.717) is 47.9 Å². The number of nitrogens with zero attached hydrogens (tertiary/aromatic N) is 1. The van der Waals surface area contributed by atoms with Gasteiger partial charge in [0.05, 0.1) is 0 Å². The summed E-state index contributed by atoms with van der Waals surface area (Å²) in [7, 11) is 0. The maximum Gasteiger partial charge on any atom is 0.259 e. The summed E-state index contributed by atoms with van der Waals surface area (Å²) in [6.07, 6.45) is 0.642. The van der Waals surface area contributed by atoms with E-state index in [4.69, 9.17) is 9.47 Å². The molecule has 2 amide bonds. The number of carbonyl (C=O) groups is 2. The molecule has 4 aromatic carbocycles. The Morgan fingerprint density at radius 2 is 1.56 bits per heavy atom. The summed E-state index contributed by atoms with van der Waals surface area (Å²) in [5.41, 5.74) is 3.24. The second kappa shape index (κ2) is 11.8. The van der Waals surface area contributed by atoms with Gasteiger partial charge in [-0.1, -0.05) is 67.6 Å². The molecule has 1 N–H and O–H groups in total. The lowest BCUT2D eigenvalue weighted by atomic mass is 9.99. The van der Waals surface area contributed by atoms with E-state index in [0.717, 1.165) is 11.1 Å². The van der Waals surface area contributed by atoms with Crippen molar-refractivity contribution in [3.05, 3.63) is 125 Å². The number of anilines is 1. The first-order valence-electron chi connectivity index (χ1n) is 12.9. The highest BCUT2D eigenvalue weighted by atomic mass is 19.1. The van der Waals surface area contributed by atoms with Crippen molar-refractivity contribution in [1.29, 1.82) is 0 Å². The van der Waals surface area contributed by atoms with Gasteiger partial charge < -0.3 is 14.8 Å². The Balaban J connectivity index is 1.61. The van der Waals surface area contributed by atoms with Crippen molar-refractivity contribution in [2.24, 2.45) is 0 Å². The summed E-state index contributed by atoms with van der Waals surface area (Å²) < 4.78 is 25.3. The molecular formula is C32H29FN2O4. The Morgan fingerprint density at radius 3 is 2.31 bits per heavy atom. The van der Waals surface area contributed by atoms with E-state index in [1.54, 1.807) is 30.3 Å². The van der Waals surface area contributed by atoms with Crippen LogP contribution in [-0.2, 0) is 17.8 Å². The van der Waals surface area contributed by atoms with Gasteiger partial charge in [-0.2, -0.15) is 0 Å². The zero-order valence-electron chi connectivity index (χ0n) is 21.6. The van der Waals surface area contributed by atoms with E-state index in [9.17, 15) is 14.0 Å². The number of aryl methyl sites for hydroxylation is 1. The zero-order chi connectivity index (χ0) is 27.2. The van der Waals surface area contributed by atoms with E-state index in [1.165, 1.54) is 17.0 Å². The predicted octanol–water partition coefficient (Wildman–Crippen LogP) is 5.86. The maximum atomic E-state index is 14.3. The highest BCUT2D eigenvalue weighted by molar-refractivity contribution is 6.10. The molecule has 0 aromatic heterocycles. The molecule has 4 aromatic rings. The molecule has 0 aliphatic carbocycles. The SMILES string of the molecule is CCc1ccccc1N(C(=O)c1ccc2c(c1)OCCO2)C(C(=O)NCc1ccccc1)c1ccc(F)cc1. The van der Waals surface area contributed by atoms with E-state index in [2.05, 4.69) is 5.32 Å². The smallest absolute Gasteiger partial charge is 0.259 e. The lowest BCUT2D eigenvalue weighted by Crippen LogP contribution is -2.44. The van der Waals surface area contributed by atoms with E-state index >= 15 is 0 Å². The van der Waals surface area contributed by atoms with Gasteiger partial charge in [0.2, 0.25) is 5.91 Å². The quantitative estimate of drug-likeness (QED) is 0.313. The minimum atomic E-state index is -1.07. The number of ether oxygens (including phenoxy) is 2. The van der Waals surface area contributed by atoms with Gasteiger partial charge in [-0.3, -0.25) is 14.5 Å². The molecule has 0 saturated carbocycles. The first kappa shape index (κ1) is 26.0. The van der Waals surface area contributed by atoms with Crippen molar-refractivity contribution >= 4 is 17.5 Å². The number of nitrogens with one attached hydrogen (secondary N) is 1. The molecule has 0 saturated heterocycles. The first-order chi connectivity index (χ1) is 19.0. The van der Waals surface area contributed by atoms with Crippen molar-refractivity contribution in [3.63, 3.8) is 0 Å². The predicted molar refractivity (Wildman–Crippen MR) is 147 cm³/mol. The summed E-state index contributed by atoms with van der Waals surface area (Å²) in [5.74, 6) is -0.170. The lowest BCUT2D eigenvalue weighted by molar-refractivity contribution is -0.122. The molecule has 6 nitrogen and oxygen atoms in total. The van der Waals surface area contributed by atoms with Crippen molar-refractivity contribution in [3.8, 4) is 11.5 Å². The highest BCUT2D eigenvalue weighted by Crippen LogP contribution is 2.36. The molecule has 0 spiro atoms. The van der Waals surface area contributed by atoms with Gasteiger partial charge in [0.15, 0.2) is 11.5 Å². The largest absolute Gasteiger partial charge is 0.486 e. The number of rotatable bonds is 8. The molecule has 39 heavy (non-hydrogen) atoms. The average molecular weight is 525 g/mol. The Bertz CT molecular complexity index is 1460. The molecule has 0 fully saturated rings. The molecule has 1 aliphatic heterocycles. The van der Waals surface area contributed by atoms with Crippen LogP contribution >= 0.6 is 0 Å². The van der Waals surface area contributed by atoms with Crippen LogP contribution in [0.5, 0.6) is 11.5 Å². The van der Waals surface area contributed by atoms with Crippen LogP contribution < -0.4 is 19.7 Å². The van der Waals surface area contributed by atoms with Crippen molar-refractivity contribution in [2.75, 3.05) is 18.1 Å². The highest BCUT2D eigenvalue weighted by Gasteiger charge is 2.35. The number of para-hydroxylation sites is 1. The van der Waals surface area contributed by atoms with Crippen LogP contribution in [0.15, 0.2) is 97.1 Å². The first-order valence-corrected chi connectivity index (χ1v) is 12.9. The number of hydrogen-bond acceptors (Lipinski definition) is 4. The number of hydrogen-bond donors (Lipinski definition) is 1.